The normalized spacial score (nSPS) is 22.7. The lowest BCUT2D eigenvalue weighted by Gasteiger charge is -2.08. The van der Waals surface area contributed by atoms with Gasteiger partial charge in [-0.05, 0) is 37.0 Å². The summed E-state index contributed by atoms with van der Waals surface area (Å²) in [6.07, 6.45) is 0.517. The van der Waals surface area contributed by atoms with Crippen LogP contribution in [0.5, 0.6) is 0 Å². The molecule has 0 radical (unpaired) electrons. The summed E-state index contributed by atoms with van der Waals surface area (Å²) >= 11 is 0. The van der Waals surface area contributed by atoms with Crippen molar-refractivity contribution in [1.82, 2.24) is 5.32 Å². The first-order chi connectivity index (χ1) is 8.90. The predicted molar refractivity (Wildman–Crippen MR) is 62.4 cm³/mol. The third kappa shape index (κ3) is 2.89. The van der Waals surface area contributed by atoms with Crippen LogP contribution in [0.1, 0.15) is 24.8 Å². The van der Waals surface area contributed by atoms with Crippen LogP contribution in [0.3, 0.4) is 0 Å². The first-order valence-corrected chi connectivity index (χ1v) is 5.88. The Morgan fingerprint density at radius 1 is 1.37 bits per heavy atom. The van der Waals surface area contributed by atoms with Crippen molar-refractivity contribution in [2.24, 2.45) is 5.92 Å². The van der Waals surface area contributed by atoms with Crippen molar-refractivity contribution in [1.29, 1.82) is 0 Å². The Kier molecular flexibility index (Phi) is 3.50. The highest BCUT2D eigenvalue weighted by molar-refractivity contribution is 5.87. The average Bonchev–Trinajstić information content (AvgIpc) is 3.12. The van der Waals surface area contributed by atoms with Gasteiger partial charge in [-0.3, -0.25) is 9.59 Å². The highest BCUT2D eigenvalue weighted by Crippen LogP contribution is 2.47. The van der Waals surface area contributed by atoms with Gasteiger partial charge in [0, 0.05) is 5.92 Å². The Morgan fingerprint density at radius 2 is 2.05 bits per heavy atom. The predicted octanol–water partition coefficient (Wildman–Crippen LogP) is 1.66. The van der Waals surface area contributed by atoms with Crippen LogP contribution >= 0.6 is 0 Å². The van der Waals surface area contributed by atoms with Gasteiger partial charge in [0.25, 0.3) is 0 Å². The molecule has 0 saturated heterocycles. The lowest BCUT2D eigenvalue weighted by atomic mass is 10.1. The number of hydrogen-bond donors (Lipinski definition) is 2. The first kappa shape index (κ1) is 13.5. The second-order valence-electron chi connectivity index (χ2n) is 4.69. The van der Waals surface area contributed by atoms with Gasteiger partial charge in [0.2, 0.25) is 5.91 Å². The SMILES string of the molecule is C[C@H](NC(=O)C1CC1c1ccc(F)c(F)c1)C(=O)O. The number of aliphatic carboxylic acids is 1. The molecule has 1 aliphatic carbocycles. The summed E-state index contributed by atoms with van der Waals surface area (Å²) in [5, 5.41) is 11.0. The van der Waals surface area contributed by atoms with E-state index in [0.29, 0.717) is 12.0 Å². The van der Waals surface area contributed by atoms with Gasteiger partial charge >= 0.3 is 5.97 Å². The molecule has 1 aliphatic rings. The molecule has 0 heterocycles. The van der Waals surface area contributed by atoms with Gasteiger partial charge in [0.15, 0.2) is 11.6 Å². The van der Waals surface area contributed by atoms with E-state index < -0.39 is 23.6 Å². The Balaban J connectivity index is 1.98. The zero-order valence-corrected chi connectivity index (χ0v) is 10.2. The molecular weight excluding hydrogens is 256 g/mol. The highest BCUT2D eigenvalue weighted by Gasteiger charge is 2.44. The van der Waals surface area contributed by atoms with Crippen LogP contribution in [0.4, 0.5) is 8.78 Å². The van der Waals surface area contributed by atoms with E-state index in [-0.39, 0.29) is 17.7 Å². The zero-order chi connectivity index (χ0) is 14.2. The van der Waals surface area contributed by atoms with Crippen molar-refractivity contribution in [2.75, 3.05) is 0 Å². The summed E-state index contributed by atoms with van der Waals surface area (Å²) in [7, 11) is 0. The van der Waals surface area contributed by atoms with Gasteiger partial charge in [0.1, 0.15) is 6.04 Å². The van der Waals surface area contributed by atoms with Crippen LogP contribution in [-0.2, 0) is 9.59 Å². The van der Waals surface area contributed by atoms with E-state index in [0.717, 1.165) is 12.1 Å². The molecule has 0 bridgehead atoms. The second kappa shape index (κ2) is 4.95. The number of halogens is 2. The monoisotopic (exact) mass is 269 g/mol. The molecule has 1 amide bonds. The molecule has 19 heavy (non-hydrogen) atoms. The molecule has 3 atom stereocenters. The zero-order valence-electron chi connectivity index (χ0n) is 10.2. The molecule has 1 aromatic rings. The fraction of sp³-hybridized carbons (Fsp3) is 0.385. The number of carbonyl (C=O) groups excluding carboxylic acids is 1. The van der Waals surface area contributed by atoms with Crippen molar-refractivity contribution in [2.45, 2.75) is 25.3 Å². The Labute approximate surface area is 108 Å². The third-order valence-corrected chi connectivity index (χ3v) is 3.23. The molecule has 2 rings (SSSR count). The summed E-state index contributed by atoms with van der Waals surface area (Å²) in [5.41, 5.74) is 0.557. The third-order valence-electron chi connectivity index (χ3n) is 3.23. The Hall–Kier alpha value is -1.98. The molecule has 1 fully saturated rings. The number of hydrogen-bond acceptors (Lipinski definition) is 2. The standard InChI is InChI=1S/C13H13F2NO3/c1-6(13(18)19)16-12(17)9-5-8(9)7-2-3-10(14)11(15)4-7/h2-4,6,8-9H,5H2,1H3,(H,16,17)(H,18,19)/t6-,8?,9?/m0/s1. The lowest BCUT2D eigenvalue weighted by Crippen LogP contribution is -2.39. The maximum atomic E-state index is 13.1. The molecule has 1 saturated carbocycles. The fourth-order valence-corrected chi connectivity index (χ4v) is 1.98. The maximum absolute atomic E-state index is 13.1. The lowest BCUT2D eigenvalue weighted by molar-refractivity contribution is -0.141. The van der Waals surface area contributed by atoms with Crippen LogP contribution in [0.25, 0.3) is 0 Å². The van der Waals surface area contributed by atoms with Crippen LogP contribution in [0.2, 0.25) is 0 Å². The van der Waals surface area contributed by atoms with E-state index in [1.54, 1.807) is 0 Å². The van der Waals surface area contributed by atoms with Crippen molar-refractivity contribution >= 4 is 11.9 Å². The minimum Gasteiger partial charge on any atom is -0.480 e. The minimum absolute atomic E-state index is 0.170. The van der Waals surface area contributed by atoms with Crippen LogP contribution in [0, 0.1) is 17.6 Å². The molecular formula is C13H13F2NO3. The molecule has 0 aromatic heterocycles. The molecule has 6 heteroatoms. The quantitative estimate of drug-likeness (QED) is 0.873. The first-order valence-electron chi connectivity index (χ1n) is 5.88. The van der Waals surface area contributed by atoms with Gasteiger partial charge < -0.3 is 10.4 Å². The summed E-state index contributed by atoms with van der Waals surface area (Å²) in [4.78, 5) is 22.3. The number of rotatable bonds is 4. The fourth-order valence-electron chi connectivity index (χ4n) is 1.98. The maximum Gasteiger partial charge on any atom is 0.325 e. The van der Waals surface area contributed by atoms with Crippen LogP contribution in [-0.4, -0.2) is 23.0 Å². The van der Waals surface area contributed by atoms with Gasteiger partial charge in [0.05, 0.1) is 0 Å². The number of carboxylic acids is 1. The smallest absolute Gasteiger partial charge is 0.325 e. The number of amides is 1. The van der Waals surface area contributed by atoms with Gasteiger partial charge in [-0.2, -0.15) is 0 Å². The Morgan fingerprint density at radius 3 is 2.63 bits per heavy atom. The number of carboxylic acid groups (broad SMARTS) is 1. The van der Waals surface area contributed by atoms with Gasteiger partial charge in [-0.1, -0.05) is 6.07 Å². The van der Waals surface area contributed by atoms with Crippen LogP contribution in [0.15, 0.2) is 18.2 Å². The number of benzene rings is 1. The van der Waals surface area contributed by atoms with E-state index in [9.17, 15) is 18.4 Å². The summed E-state index contributed by atoms with van der Waals surface area (Å²) in [5.74, 6) is -3.89. The van der Waals surface area contributed by atoms with Gasteiger partial charge in [-0.25, -0.2) is 8.78 Å². The minimum atomic E-state index is -1.11. The topological polar surface area (TPSA) is 66.4 Å². The molecule has 0 spiro atoms. The van der Waals surface area contributed by atoms with E-state index in [1.165, 1.54) is 13.0 Å². The van der Waals surface area contributed by atoms with Crippen LogP contribution < -0.4 is 5.32 Å². The number of nitrogens with one attached hydrogen (secondary N) is 1. The summed E-state index contributed by atoms with van der Waals surface area (Å²) in [6.45, 7) is 1.37. The van der Waals surface area contributed by atoms with Gasteiger partial charge in [-0.15, -0.1) is 0 Å². The molecule has 0 aliphatic heterocycles. The van der Waals surface area contributed by atoms with Crippen molar-refractivity contribution in [3.05, 3.63) is 35.4 Å². The Bertz CT molecular complexity index is 533. The number of carbonyl (C=O) groups is 2. The molecule has 1 aromatic carbocycles. The molecule has 2 unspecified atom stereocenters. The van der Waals surface area contributed by atoms with E-state index in [4.69, 9.17) is 5.11 Å². The van der Waals surface area contributed by atoms with Crippen molar-refractivity contribution < 1.29 is 23.5 Å². The van der Waals surface area contributed by atoms with E-state index in [1.807, 2.05) is 0 Å². The van der Waals surface area contributed by atoms with Crippen molar-refractivity contribution in [3.8, 4) is 0 Å². The highest BCUT2D eigenvalue weighted by atomic mass is 19.2. The average molecular weight is 269 g/mol. The summed E-state index contributed by atoms with van der Waals surface area (Å²) in [6, 6.07) is 2.58. The molecule has 4 nitrogen and oxygen atoms in total. The van der Waals surface area contributed by atoms with Crippen molar-refractivity contribution in [3.63, 3.8) is 0 Å². The van der Waals surface area contributed by atoms with E-state index in [2.05, 4.69) is 5.32 Å². The molecule has 2 N–H and O–H groups in total. The second-order valence-corrected chi connectivity index (χ2v) is 4.69. The summed E-state index contributed by atoms with van der Waals surface area (Å²) < 4.78 is 25.8. The van der Waals surface area contributed by atoms with E-state index >= 15 is 0 Å². The largest absolute Gasteiger partial charge is 0.480 e. The molecule has 102 valence electrons.